The van der Waals surface area contributed by atoms with Crippen LogP contribution in [0.25, 0.3) is 116 Å². The Balaban J connectivity index is 1.02. The average molecular weight is 777 g/mol. The van der Waals surface area contributed by atoms with Crippen molar-refractivity contribution in [2.45, 2.75) is 0 Å². The summed E-state index contributed by atoms with van der Waals surface area (Å²) in [5.41, 5.74) is 10.7. The minimum absolute atomic E-state index is 0.615. The normalized spacial score (nSPS) is 11.6. The fourth-order valence-corrected chi connectivity index (χ4v) is 9.20. The van der Waals surface area contributed by atoms with Gasteiger partial charge < -0.3 is 4.57 Å². The van der Waals surface area contributed by atoms with Crippen LogP contribution >= 0.6 is 0 Å². The van der Waals surface area contributed by atoms with Gasteiger partial charge in [0.2, 0.25) is 0 Å². The highest BCUT2D eigenvalue weighted by Crippen LogP contribution is 2.41. The Morgan fingerprint density at radius 1 is 0.279 bits per heavy atom. The summed E-state index contributed by atoms with van der Waals surface area (Å²) in [7, 11) is 0. The molecule has 0 saturated carbocycles. The van der Waals surface area contributed by atoms with E-state index in [-0.39, 0.29) is 0 Å². The molecule has 0 unspecified atom stereocenters. The van der Waals surface area contributed by atoms with Crippen molar-refractivity contribution in [1.29, 1.82) is 0 Å². The van der Waals surface area contributed by atoms with Crippen molar-refractivity contribution >= 4 is 54.1 Å². The molecule has 0 bridgehead atoms. The molecular formula is C57H36N4. The molecular weight excluding hydrogens is 741 g/mol. The van der Waals surface area contributed by atoms with Gasteiger partial charge in [0.1, 0.15) is 0 Å². The Kier molecular flexibility index (Phi) is 8.13. The quantitative estimate of drug-likeness (QED) is 0.125. The number of benzene rings is 10. The van der Waals surface area contributed by atoms with Gasteiger partial charge in [-0.15, -0.1) is 0 Å². The van der Waals surface area contributed by atoms with Crippen LogP contribution in [0.1, 0.15) is 0 Å². The van der Waals surface area contributed by atoms with Gasteiger partial charge in [-0.3, -0.25) is 0 Å². The standard InChI is InChI=1S/C57H36N4/c1-2-17-38(18-3-1)55-58-56(60-57(59-55)49-28-10-13-31-53(49)61-51-29-11-8-26-46(51)47-27-9-12-30-52(47)61)43-23-15-21-40(35-43)39-20-14-22-42(34-39)54-45-25-7-5-19-41(45)36-50-44-24-6-4-16-37(44)32-33-48(50)54/h1-36H. The lowest BCUT2D eigenvalue weighted by molar-refractivity contribution is 1.06. The Labute approximate surface area is 352 Å². The van der Waals surface area contributed by atoms with E-state index >= 15 is 0 Å². The van der Waals surface area contributed by atoms with Crippen molar-refractivity contribution in [2.24, 2.45) is 0 Å². The molecule has 0 saturated heterocycles. The lowest BCUT2D eigenvalue weighted by Gasteiger charge is -2.15. The molecule has 0 N–H and O–H groups in total. The Morgan fingerprint density at radius 2 is 0.803 bits per heavy atom. The Bertz CT molecular complexity index is 3610. The molecule has 284 valence electrons. The van der Waals surface area contributed by atoms with Crippen molar-refractivity contribution in [3.63, 3.8) is 0 Å². The highest BCUT2D eigenvalue weighted by molar-refractivity contribution is 6.20. The van der Waals surface area contributed by atoms with Gasteiger partial charge in [0.15, 0.2) is 17.5 Å². The zero-order chi connectivity index (χ0) is 40.3. The molecule has 0 aliphatic heterocycles. The minimum Gasteiger partial charge on any atom is -0.309 e. The molecule has 0 aliphatic carbocycles. The van der Waals surface area contributed by atoms with Crippen LogP contribution in [0.2, 0.25) is 0 Å². The van der Waals surface area contributed by atoms with Gasteiger partial charge in [-0.05, 0) is 97.0 Å². The molecule has 0 spiro atoms. The molecule has 12 aromatic rings. The van der Waals surface area contributed by atoms with E-state index < -0.39 is 0 Å². The van der Waals surface area contributed by atoms with Crippen LogP contribution in [-0.4, -0.2) is 19.5 Å². The van der Waals surface area contributed by atoms with Crippen LogP contribution in [0.15, 0.2) is 218 Å². The topological polar surface area (TPSA) is 43.6 Å². The van der Waals surface area contributed by atoms with Crippen molar-refractivity contribution < 1.29 is 0 Å². The lowest BCUT2D eigenvalue weighted by atomic mass is 9.89. The summed E-state index contributed by atoms with van der Waals surface area (Å²) >= 11 is 0. The van der Waals surface area contributed by atoms with E-state index in [0.717, 1.165) is 44.5 Å². The van der Waals surface area contributed by atoms with Crippen molar-refractivity contribution in [3.05, 3.63) is 218 Å². The molecule has 4 nitrogen and oxygen atoms in total. The van der Waals surface area contributed by atoms with Crippen LogP contribution in [0.3, 0.4) is 0 Å². The van der Waals surface area contributed by atoms with Crippen LogP contribution in [-0.2, 0) is 0 Å². The van der Waals surface area contributed by atoms with Crippen LogP contribution in [0, 0.1) is 0 Å². The zero-order valence-corrected chi connectivity index (χ0v) is 33.1. The molecule has 0 aliphatic rings. The summed E-state index contributed by atoms with van der Waals surface area (Å²) in [6.07, 6.45) is 0. The molecule has 0 fully saturated rings. The molecule has 0 atom stereocenters. The molecule has 61 heavy (non-hydrogen) atoms. The predicted octanol–water partition coefficient (Wildman–Crippen LogP) is 14.8. The summed E-state index contributed by atoms with van der Waals surface area (Å²) in [4.78, 5) is 15.6. The number of nitrogens with zero attached hydrogens (tertiary/aromatic N) is 4. The van der Waals surface area contributed by atoms with E-state index in [4.69, 9.17) is 15.0 Å². The average Bonchev–Trinajstić information content (AvgIpc) is 3.67. The van der Waals surface area contributed by atoms with Gasteiger partial charge in [-0.1, -0.05) is 176 Å². The first-order chi connectivity index (χ1) is 30.2. The number of rotatable bonds is 6. The van der Waals surface area contributed by atoms with Gasteiger partial charge in [-0.2, -0.15) is 0 Å². The second-order valence-corrected chi connectivity index (χ2v) is 15.6. The summed E-state index contributed by atoms with van der Waals surface area (Å²) in [5.74, 6) is 1.86. The molecule has 0 amide bonds. The summed E-state index contributed by atoms with van der Waals surface area (Å²) in [6.45, 7) is 0. The third-order valence-electron chi connectivity index (χ3n) is 12.0. The van der Waals surface area contributed by atoms with Crippen molar-refractivity contribution in [3.8, 4) is 62.1 Å². The number of para-hydroxylation sites is 3. The Hall–Kier alpha value is -8.21. The number of aromatic nitrogens is 4. The van der Waals surface area contributed by atoms with Crippen molar-refractivity contribution in [2.75, 3.05) is 0 Å². The lowest BCUT2D eigenvalue weighted by Crippen LogP contribution is -2.03. The monoisotopic (exact) mass is 776 g/mol. The fraction of sp³-hybridized carbons (Fsp3) is 0. The highest BCUT2D eigenvalue weighted by Gasteiger charge is 2.20. The van der Waals surface area contributed by atoms with E-state index in [1.165, 1.54) is 54.2 Å². The van der Waals surface area contributed by atoms with Gasteiger partial charge in [0, 0.05) is 27.5 Å². The zero-order valence-electron chi connectivity index (χ0n) is 33.1. The summed E-state index contributed by atoms with van der Waals surface area (Å²) < 4.78 is 2.33. The van der Waals surface area contributed by atoms with Crippen molar-refractivity contribution in [1.82, 2.24) is 19.5 Å². The maximum atomic E-state index is 5.29. The largest absolute Gasteiger partial charge is 0.309 e. The third-order valence-corrected chi connectivity index (χ3v) is 12.0. The van der Waals surface area contributed by atoms with Crippen LogP contribution < -0.4 is 0 Å². The smallest absolute Gasteiger partial charge is 0.166 e. The van der Waals surface area contributed by atoms with Crippen LogP contribution in [0.5, 0.6) is 0 Å². The van der Waals surface area contributed by atoms with Gasteiger partial charge in [-0.25, -0.2) is 15.0 Å². The molecule has 0 radical (unpaired) electrons. The number of hydrogen-bond donors (Lipinski definition) is 0. The van der Waals surface area contributed by atoms with E-state index in [9.17, 15) is 0 Å². The minimum atomic E-state index is 0.615. The van der Waals surface area contributed by atoms with E-state index in [1.807, 2.05) is 18.2 Å². The predicted molar refractivity (Wildman–Crippen MR) is 254 cm³/mol. The second kappa shape index (κ2) is 14.3. The molecule has 2 aromatic heterocycles. The van der Waals surface area contributed by atoms with E-state index in [1.54, 1.807) is 0 Å². The number of fused-ring (bicyclic) bond motifs is 7. The summed E-state index contributed by atoms with van der Waals surface area (Å²) in [6, 6.07) is 77.6. The first kappa shape index (κ1) is 34.8. The maximum Gasteiger partial charge on any atom is 0.166 e. The van der Waals surface area contributed by atoms with E-state index in [0.29, 0.717) is 17.5 Å². The SMILES string of the molecule is c1ccc(-c2nc(-c3cccc(-c4cccc(-c5c6ccccc6cc6c5ccc5ccccc56)c4)c3)nc(-c3ccccc3-n3c4ccccc4c4ccccc43)n2)cc1. The fourth-order valence-electron chi connectivity index (χ4n) is 9.20. The summed E-state index contributed by atoms with van der Waals surface area (Å²) in [5, 5.41) is 9.90. The van der Waals surface area contributed by atoms with Gasteiger partial charge >= 0.3 is 0 Å². The Morgan fingerprint density at radius 3 is 1.56 bits per heavy atom. The molecule has 2 heterocycles. The van der Waals surface area contributed by atoms with Gasteiger partial charge in [0.05, 0.1) is 16.7 Å². The second-order valence-electron chi connectivity index (χ2n) is 15.6. The van der Waals surface area contributed by atoms with Crippen LogP contribution in [0.4, 0.5) is 0 Å². The third kappa shape index (κ3) is 5.88. The van der Waals surface area contributed by atoms with Gasteiger partial charge in [0.25, 0.3) is 0 Å². The molecule has 10 aromatic carbocycles. The maximum absolute atomic E-state index is 5.29. The molecule has 4 heteroatoms. The first-order valence-electron chi connectivity index (χ1n) is 20.7. The number of hydrogen-bond acceptors (Lipinski definition) is 3. The molecule has 12 rings (SSSR count). The van der Waals surface area contributed by atoms with E-state index in [2.05, 4.69) is 205 Å². The first-order valence-corrected chi connectivity index (χ1v) is 20.7. The highest BCUT2D eigenvalue weighted by atomic mass is 15.1.